The highest BCUT2D eigenvalue weighted by atomic mass is 16.4. The molecular formula is C12H17N3O2. The quantitative estimate of drug-likeness (QED) is 0.743. The van der Waals surface area contributed by atoms with Crippen LogP contribution in [0.1, 0.15) is 12.0 Å². The molecule has 0 saturated heterocycles. The molecule has 0 radical (unpaired) electrons. The van der Waals surface area contributed by atoms with Gasteiger partial charge in [0.2, 0.25) is 0 Å². The van der Waals surface area contributed by atoms with Gasteiger partial charge in [-0.3, -0.25) is 4.57 Å². The van der Waals surface area contributed by atoms with Gasteiger partial charge in [0.1, 0.15) is 0 Å². The first kappa shape index (κ1) is 11.9. The molecule has 2 rings (SSSR count). The lowest BCUT2D eigenvalue weighted by molar-refractivity contribution is 0.527. The molecule has 0 aliphatic heterocycles. The molecule has 0 aliphatic carbocycles. The number of benzene rings is 1. The third-order valence-corrected chi connectivity index (χ3v) is 2.74. The number of nitrogens with two attached hydrogens (primary N) is 1. The summed E-state index contributed by atoms with van der Waals surface area (Å²) in [6, 6.07) is 5.79. The lowest BCUT2D eigenvalue weighted by Crippen LogP contribution is -2.17. The summed E-state index contributed by atoms with van der Waals surface area (Å²) >= 11 is 0. The molecule has 0 saturated carbocycles. The molecule has 1 aromatic heterocycles. The van der Waals surface area contributed by atoms with E-state index in [-0.39, 0.29) is 5.76 Å². The number of aromatic nitrogens is 1. The Morgan fingerprint density at radius 2 is 2.29 bits per heavy atom. The van der Waals surface area contributed by atoms with Gasteiger partial charge in [0, 0.05) is 13.6 Å². The molecule has 0 amide bonds. The van der Waals surface area contributed by atoms with Crippen molar-refractivity contribution in [1.82, 2.24) is 9.88 Å². The highest BCUT2D eigenvalue weighted by molar-refractivity contribution is 5.73. The van der Waals surface area contributed by atoms with Crippen molar-refractivity contribution in [2.75, 3.05) is 13.1 Å². The molecule has 0 spiro atoms. The van der Waals surface area contributed by atoms with Gasteiger partial charge in [-0.25, -0.2) is 4.79 Å². The van der Waals surface area contributed by atoms with Crippen LogP contribution in [0, 0.1) is 0 Å². The van der Waals surface area contributed by atoms with Gasteiger partial charge in [-0.1, -0.05) is 6.07 Å². The highest BCUT2D eigenvalue weighted by Crippen LogP contribution is 2.13. The zero-order chi connectivity index (χ0) is 12.3. The Hall–Kier alpha value is -1.59. The Morgan fingerprint density at radius 1 is 1.47 bits per heavy atom. The molecular weight excluding hydrogens is 218 g/mol. The molecule has 0 atom stereocenters. The predicted octanol–water partition coefficient (Wildman–Crippen LogP) is 0.570. The first-order valence-electron chi connectivity index (χ1n) is 5.71. The van der Waals surface area contributed by atoms with Crippen molar-refractivity contribution in [3.63, 3.8) is 0 Å². The lowest BCUT2D eigenvalue weighted by Gasteiger charge is -2.03. The van der Waals surface area contributed by atoms with Crippen LogP contribution in [0.3, 0.4) is 0 Å². The van der Waals surface area contributed by atoms with E-state index in [1.54, 1.807) is 7.05 Å². The van der Waals surface area contributed by atoms with Crippen molar-refractivity contribution in [3.05, 3.63) is 34.3 Å². The molecule has 92 valence electrons. The Bertz CT molecular complexity index is 556. The fourth-order valence-corrected chi connectivity index (χ4v) is 1.75. The number of hydrogen-bond donors (Lipinski definition) is 2. The maximum Gasteiger partial charge on any atom is 0.419 e. The fraction of sp³-hybridized carbons (Fsp3) is 0.417. The zero-order valence-electron chi connectivity index (χ0n) is 9.90. The Morgan fingerprint density at radius 3 is 3.06 bits per heavy atom. The SMILES string of the molecule is Cn1c(=O)oc2cc(CNCCCN)ccc21. The average molecular weight is 235 g/mol. The van der Waals surface area contributed by atoms with E-state index >= 15 is 0 Å². The minimum absolute atomic E-state index is 0.326. The Labute approximate surface area is 99.2 Å². The Balaban J connectivity index is 2.12. The third-order valence-electron chi connectivity index (χ3n) is 2.74. The first-order valence-corrected chi connectivity index (χ1v) is 5.71. The Kier molecular flexibility index (Phi) is 3.61. The van der Waals surface area contributed by atoms with Gasteiger partial charge in [0.25, 0.3) is 0 Å². The highest BCUT2D eigenvalue weighted by Gasteiger charge is 2.05. The van der Waals surface area contributed by atoms with Crippen molar-refractivity contribution >= 4 is 11.1 Å². The molecule has 0 fully saturated rings. The average Bonchev–Trinajstić information content (AvgIpc) is 2.61. The van der Waals surface area contributed by atoms with Crippen LogP contribution in [0.5, 0.6) is 0 Å². The van der Waals surface area contributed by atoms with Gasteiger partial charge in [-0.05, 0) is 37.2 Å². The van der Waals surface area contributed by atoms with Crippen LogP contribution in [0.4, 0.5) is 0 Å². The minimum Gasteiger partial charge on any atom is -0.408 e. The summed E-state index contributed by atoms with van der Waals surface area (Å²) < 4.78 is 6.63. The second-order valence-corrected chi connectivity index (χ2v) is 4.05. The maximum atomic E-state index is 11.3. The van der Waals surface area contributed by atoms with Crippen molar-refractivity contribution in [3.8, 4) is 0 Å². The number of nitrogens with zero attached hydrogens (tertiary/aromatic N) is 1. The van der Waals surface area contributed by atoms with Gasteiger partial charge in [-0.15, -0.1) is 0 Å². The van der Waals surface area contributed by atoms with Gasteiger partial charge in [0.05, 0.1) is 5.52 Å². The van der Waals surface area contributed by atoms with E-state index in [9.17, 15) is 4.79 Å². The monoisotopic (exact) mass is 235 g/mol. The van der Waals surface area contributed by atoms with Crippen molar-refractivity contribution < 1.29 is 4.42 Å². The predicted molar refractivity (Wildman–Crippen MR) is 66.8 cm³/mol. The molecule has 1 heterocycles. The second kappa shape index (κ2) is 5.16. The van der Waals surface area contributed by atoms with Gasteiger partial charge in [-0.2, -0.15) is 0 Å². The number of fused-ring (bicyclic) bond motifs is 1. The number of nitrogens with one attached hydrogen (secondary N) is 1. The van der Waals surface area contributed by atoms with E-state index in [2.05, 4.69) is 5.32 Å². The second-order valence-electron chi connectivity index (χ2n) is 4.05. The standard InChI is InChI=1S/C12H17N3O2/c1-15-10-4-3-9(8-14-6-2-5-13)7-11(10)17-12(15)16/h3-4,7,14H,2,5-6,8,13H2,1H3. The van der Waals surface area contributed by atoms with Crippen molar-refractivity contribution in [1.29, 1.82) is 0 Å². The van der Waals surface area contributed by atoms with Crippen LogP contribution >= 0.6 is 0 Å². The largest absolute Gasteiger partial charge is 0.419 e. The van der Waals surface area contributed by atoms with E-state index < -0.39 is 0 Å². The summed E-state index contributed by atoms with van der Waals surface area (Å²) in [4.78, 5) is 11.3. The van der Waals surface area contributed by atoms with Crippen LogP contribution in [-0.4, -0.2) is 17.7 Å². The molecule has 1 aromatic carbocycles. The summed E-state index contributed by atoms with van der Waals surface area (Å²) in [7, 11) is 1.70. The summed E-state index contributed by atoms with van der Waals surface area (Å²) in [5.74, 6) is -0.326. The van der Waals surface area contributed by atoms with E-state index in [1.165, 1.54) is 4.57 Å². The first-order chi connectivity index (χ1) is 8.22. The summed E-state index contributed by atoms with van der Waals surface area (Å²) in [6.45, 7) is 2.35. The van der Waals surface area contributed by atoms with Crippen LogP contribution in [0.2, 0.25) is 0 Å². The molecule has 17 heavy (non-hydrogen) atoms. The van der Waals surface area contributed by atoms with Gasteiger partial charge in [0.15, 0.2) is 5.58 Å². The fourth-order valence-electron chi connectivity index (χ4n) is 1.75. The van der Waals surface area contributed by atoms with Crippen molar-refractivity contribution in [2.24, 2.45) is 12.8 Å². The maximum absolute atomic E-state index is 11.3. The van der Waals surface area contributed by atoms with Gasteiger partial charge < -0.3 is 15.5 Å². The van der Waals surface area contributed by atoms with Crippen LogP contribution in [0.25, 0.3) is 11.1 Å². The third kappa shape index (κ3) is 2.57. The van der Waals surface area contributed by atoms with Crippen molar-refractivity contribution in [2.45, 2.75) is 13.0 Å². The number of hydrogen-bond acceptors (Lipinski definition) is 4. The normalized spacial score (nSPS) is 11.2. The molecule has 2 aromatic rings. The van der Waals surface area contributed by atoms with E-state index in [0.29, 0.717) is 12.1 Å². The molecule has 0 bridgehead atoms. The molecule has 3 N–H and O–H groups in total. The summed E-state index contributed by atoms with van der Waals surface area (Å²) in [5, 5.41) is 3.28. The van der Waals surface area contributed by atoms with Crippen LogP contribution in [-0.2, 0) is 13.6 Å². The number of rotatable bonds is 5. The summed E-state index contributed by atoms with van der Waals surface area (Å²) in [5.41, 5.74) is 7.97. The van der Waals surface area contributed by atoms with Gasteiger partial charge >= 0.3 is 5.76 Å². The molecule has 5 heteroatoms. The van der Waals surface area contributed by atoms with E-state index in [1.807, 2.05) is 18.2 Å². The van der Waals surface area contributed by atoms with Crippen LogP contribution < -0.4 is 16.8 Å². The topological polar surface area (TPSA) is 73.2 Å². The molecule has 0 unspecified atom stereocenters. The van der Waals surface area contributed by atoms with Crippen LogP contribution in [0.15, 0.2) is 27.4 Å². The minimum atomic E-state index is -0.326. The summed E-state index contributed by atoms with van der Waals surface area (Å²) in [6.07, 6.45) is 0.961. The number of oxazole rings is 1. The molecule has 0 aliphatic rings. The van der Waals surface area contributed by atoms with E-state index in [4.69, 9.17) is 10.2 Å². The number of aryl methyl sites for hydroxylation is 1. The zero-order valence-corrected chi connectivity index (χ0v) is 9.90. The smallest absolute Gasteiger partial charge is 0.408 e. The van der Waals surface area contributed by atoms with E-state index in [0.717, 1.165) is 30.6 Å². The molecule has 5 nitrogen and oxygen atoms in total. The lowest BCUT2D eigenvalue weighted by atomic mass is 10.2.